The molecule has 0 saturated carbocycles. The van der Waals surface area contributed by atoms with E-state index in [-0.39, 0.29) is 45.5 Å². The van der Waals surface area contributed by atoms with Gasteiger partial charge in [0.05, 0.1) is 0 Å². The van der Waals surface area contributed by atoms with E-state index in [1.165, 1.54) is 0 Å². The van der Waals surface area contributed by atoms with Crippen LogP contribution in [0.3, 0.4) is 0 Å². The fourth-order valence-electron chi connectivity index (χ4n) is 0. The van der Waals surface area contributed by atoms with E-state index in [4.69, 9.17) is 0 Å². The fraction of sp³-hybridized carbons (Fsp3) is 0. The van der Waals surface area contributed by atoms with Gasteiger partial charge in [-0.15, -0.1) is 0 Å². The van der Waals surface area contributed by atoms with Gasteiger partial charge in [0.15, 0.2) is 0 Å². The second-order valence-corrected chi connectivity index (χ2v) is 0. The Hall–Kier alpha value is 1.14. The minimum absolute atomic E-state index is 0. The molecule has 0 fully saturated rings. The van der Waals surface area contributed by atoms with Gasteiger partial charge in [-0.1, -0.05) is 0 Å². The van der Waals surface area contributed by atoms with E-state index in [1.807, 2.05) is 0 Å². The maximum Gasteiger partial charge on any atom is 0 e. The predicted octanol–water partition coefficient (Wildman–Crippen LogP) is -0.163. The van der Waals surface area contributed by atoms with Gasteiger partial charge in [-0.2, -0.15) is 9.90 Å². The average molecular weight is 158 g/mol. The van der Waals surface area contributed by atoms with E-state index in [1.54, 1.807) is 0 Å². The first kappa shape index (κ1) is 67.6. The minimum Gasteiger partial charge on any atom is -0.344 e. The summed E-state index contributed by atoms with van der Waals surface area (Å²) in [5.41, 5.74) is 0. The van der Waals surface area contributed by atoms with E-state index in [2.05, 4.69) is 0 Å². The van der Waals surface area contributed by atoms with Crippen LogP contribution < -0.4 is 6.15 Å². The second kappa shape index (κ2) is 31.3. The molecule has 0 aliphatic rings. The minimum atomic E-state index is 0. The van der Waals surface area contributed by atoms with Crippen molar-refractivity contribution in [3.8, 4) is 0 Å². The maximum absolute atomic E-state index is 0. The van der Waals surface area contributed by atoms with E-state index in [9.17, 15) is 0 Å². The van der Waals surface area contributed by atoms with Crippen molar-refractivity contribution < 1.29 is 21.1 Å². The molecule has 4 heteroatoms. The van der Waals surface area contributed by atoms with Crippen LogP contribution in [0.25, 0.3) is 0 Å². The average Bonchev–Trinajstić information content (AvgIpc) is 0. The Labute approximate surface area is 46.0 Å². The van der Waals surface area contributed by atoms with Gasteiger partial charge in [0.2, 0.25) is 0 Å². The molecule has 3 radical (unpaired) electrons. The molecular weight excluding hydrogens is 152 g/mol. The fourth-order valence-corrected chi connectivity index (χ4v) is 0. The van der Waals surface area contributed by atoms with Crippen LogP contribution in [0.2, 0.25) is 0 Å². The summed E-state index contributed by atoms with van der Waals surface area (Å²) < 4.78 is 0. The SMILES string of the molecule is N.P.[B].[Mo]. The van der Waals surface area contributed by atoms with Gasteiger partial charge < -0.3 is 6.15 Å². The zero-order valence-electron chi connectivity index (χ0n) is 2.40. The van der Waals surface area contributed by atoms with Crippen LogP contribution in [0.5, 0.6) is 0 Å². The second-order valence-electron chi connectivity index (χ2n) is 0. The summed E-state index contributed by atoms with van der Waals surface area (Å²) in [7, 11) is 0. The van der Waals surface area contributed by atoms with Gasteiger partial charge in [0.25, 0.3) is 0 Å². The van der Waals surface area contributed by atoms with Gasteiger partial charge in [0, 0.05) is 29.5 Å². The van der Waals surface area contributed by atoms with Crippen LogP contribution in [0.4, 0.5) is 0 Å². The van der Waals surface area contributed by atoms with Crippen molar-refractivity contribution in [1.29, 1.82) is 0 Å². The normalized spacial score (nSPS) is 0. The third-order valence-electron chi connectivity index (χ3n) is 0. The summed E-state index contributed by atoms with van der Waals surface area (Å²) in [4.78, 5) is 0. The molecule has 0 rings (SSSR count). The molecule has 0 spiro atoms. The molecule has 0 saturated heterocycles. The van der Waals surface area contributed by atoms with E-state index in [0.717, 1.165) is 0 Å². The Balaban J connectivity index is 0. The van der Waals surface area contributed by atoms with Crippen molar-refractivity contribution in [3.05, 3.63) is 0 Å². The third kappa shape index (κ3) is 11.0. The van der Waals surface area contributed by atoms with Crippen LogP contribution in [0.1, 0.15) is 0 Å². The standard InChI is InChI=1S/B.Mo.H3N.H3P/h;;2*1H3. The Morgan fingerprint density at radius 3 is 1.00 bits per heavy atom. The quantitative estimate of drug-likeness (QED) is 0.385. The maximum atomic E-state index is 0. The summed E-state index contributed by atoms with van der Waals surface area (Å²) in [5.74, 6) is 0. The van der Waals surface area contributed by atoms with Crippen LogP contribution in [-0.4, -0.2) is 8.41 Å². The van der Waals surface area contributed by atoms with Crippen LogP contribution in [0, 0.1) is 0 Å². The van der Waals surface area contributed by atoms with Gasteiger partial charge in [-0.25, -0.2) is 0 Å². The predicted molar refractivity (Wildman–Crippen MR) is 21.9 cm³/mol. The smallest absolute Gasteiger partial charge is 0 e. The molecule has 0 heterocycles. The molecule has 0 aromatic rings. The third-order valence-corrected chi connectivity index (χ3v) is 0. The Morgan fingerprint density at radius 1 is 1.00 bits per heavy atom. The van der Waals surface area contributed by atoms with Crippen molar-refractivity contribution in [2.24, 2.45) is 0 Å². The molecule has 1 unspecified atom stereocenters. The Kier molecular flexibility index (Phi) is 529. The zero-order chi connectivity index (χ0) is 0. The summed E-state index contributed by atoms with van der Waals surface area (Å²) in [5, 5.41) is 0. The molecule has 0 aliphatic heterocycles. The summed E-state index contributed by atoms with van der Waals surface area (Å²) in [6.45, 7) is 0. The molecule has 0 amide bonds. The van der Waals surface area contributed by atoms with Gasteiger partial charge in [-0.05, 0) is 0 Å². The van der Waals surface area contributed by atoms with E-state index < -0.39 is 0 Å². The van der Waals surface area contributed by atoms with Crippen molar-refractivity contribution in [1.82, 2.24) is 6.15 Å². The van der Waals surface area contributed by atoms with Crippen molar-refractivity contribution in [2.45, 2.75) is 0 Å². The first-order valence-corrected chi connectivity index (χ1v) is 0. The first-order valence-electron chi connectivity index (χ1n) is 0. The number of hydrogen-bond donors (Lipinski definition) is 1. The van der Waals surface area contributed by atoms with Crippen molar-refractivity contribution in [2.75, 3.05) is 0 Å². The van der Waals surface area contributed by atoms with Crippen LogP contribution in [-0.2, 0) is 21.1 Å². The van der Waals surface area contributed by atoms with Crippen LogP contribution in [0.15, 0.2) is 0 Å². The number of hydrogen-bond acceptors (Lipinski definition) is 1. The molecule has 4 heavy (non-hydrogen) atoms. The van der Waals surface area contributed by atoms with Crippen molar-refractivity contribution >= 4 is 18.3 Å². The largest absolute Gasteiger partial charge is 0.344 e. The molecule has 0 bridgehead atoms. The van der Waals surface area contributed by atoms with E-state index >= 15 is 0 Å². The molecule has 0 aliphatic carbocycles. The van der Waals surface area contributed by atoms with Crippen molar-refractivity contribution in [3.63, 3.8) is 0 Å². The van der Waals surface area contributed by atoms with E-state index in [0.29, 0.717) is 0 Å². The molecule has 1 nitrogen and oxygen atoms in total. The zero-order valence-corrected chi connectivity index (χ0v) is 5.82. The number of rotatable bonds is 0. The van der Waals surface area contributed by atoms with Gasteiger partial charge in [0.1, 0.15) is 0 Å². The molecule has 1 atom stereocenters. The summed E-state index contributed by atoms with van der Waals surface area (Å²) in [6.07, 6.45) is 0. The topological polar surface area (TPSA) is 35.0 Å². The Bertz CT molecular complexity index is 8.00. The first-order chi connectivity index (χ1) is 0. The van der Waals surface area contributed by atoms with Gasteiger partial charge in [-0.3, -0.25) is 0 Å². The monoisotopic (exact) mass is 160 g/mol. The molecule has 0 aromatic carbocycles. The Morgan fingerprint density at radius 2 is 1.00 bits per heavy atom. The van der Waals surface area contributed by atoms with Gasteiger partial charge >= 0.3 is 0 Å². The molecule has 3 N–H and O–H groups in total. The van der Waals surface area contributed by atoms with Crippen LogP contribution >= 0.6 is 9.90 Å². The summed E-state index contributed by atoms with van der Waals surface area (Å²) >= 11 is 0. The summed E-state index contributed by atoms with van der Waals surface area (Å²) in [6, 6.07) is 0. The molecular formula is H6BMoNP. The molecule has 25 valence electrons. The molecule has 0 aromatic heterocycles.